The molecule has 0 saturated carbocycles. The number of thiol groups is 1. The topological polar surface area (TPSA) is 130 Å². The summed E-state index contributed by atoms with van der Waals surface area (Å²) in [5.41, 5.74) is -0.483. The molecule has 42 heavy (non-hydrogen) atoms. The molecule has 1 aliphatic heterocycles. The van der Waals surface area contributed by atoms with Gasteiger partial charge in [0, 0.05) is 68.8 Å². The maximum absolute atomic E-state index is 12.3. The number of nitrogens with zero attached hydrogens (tertiary/aromatic N) is 1. The standard InChI is InChI=1S/C15H28N2O3S.C9H19NO.C7H10O2S/c1-6-15(3,4)13(19)7-9-17(5)14(20)12(8-10-21)16-11(2)18;1-5-9(2,3)8(11)6-7-10-4;1-5(8)4-6-2-3-10-7(6)9/h12,21H,6-10H2,1-5H3,(H,16,18);10H,5-7H2,1-4H3;6H,2-4H2,1H3. The molecule has 0 bridgehead atoms. The highest BCUT2D eigenvalue weighted by molar-refractivity contribution is 8.14. The Morgan fingerprint density at radius 2 is 1.52 bits per heavy atom. The van der Waals surface area contributed by atoms with Gasteiger partial charge in [-0.15, -0.1) is 0 Å². The van der Waals surface area contributed by atoms with Crippen LogP contribution in [0.25, 0.3) is 0 Å². The predicted octanol–water partition coefficient (Wildman–Crippen LogP) is 4.51. The Morgan fingerprint density at radius 3 is 1.90 bits per heavy atom. The Bertz CT molecular complexity index is 892. The molecule has 0 aromatic carbocycles. The number of hydrogen-bond acceptors (Lipinski definition) is 9. The minimum absolute atomic E-state index is 0.0301. The first-order chi connectivity index (χ1) is 19.4. The average molecular weight is 632 g/mol. The molecule has 0 radical (unpaired) electrons. The second kappa shape index (κ2) is 21.9. The van der Waals surface area contributed by atoms with Crippen molar-refractivity contribution in [3.8, 4) is 0 Å². The van der Waals surface area contributed by atoms with Crippen molar-refractivity contribution in [2.75, 3.05) is 38.7 Å². The average Bonchev–Trinajstić information content (AvgIpc) is 3.32. The number of Topliss-reactive ketones (excluding diaryl/α,β-unsaturated/α-hetero) is 3. The molecule has 244 valence electrons. The molecule has 1 fully saturated rings. The largest absolute Gasteiger partial charge is 0.345 e. The molecular weight excluding hydrogens is 574 g/mol. The summed E-state index contributed by atoms with van der Waals surface area (Å²) in [6.45, 7) is 15.9. The first-order valence-electron chi connectivity index (χ1n) is 14.9. The Morgan fingerprint density at radius 1 is 1.00 bits per heavy atom. The van der Waals surface area contributed by atoms with Gasteiger partial charge in [-0.05, 0) is 45.4 Å². The highest BCUT2D eigenvalue weighted by atomic mass is 32.2. The van der Waals surface area contributed by atoms with Crippen molar-refractivity contribution >= 4 is 58.7 Å². The van der Waals surface area contributed by atoms with Crippen LogP contribution in [0.3, 0.4) is 0 Å². The lowest BCUT2D eigenvalue weighted by molar-refractivity contribution is -0.136. The molecular formula is C31H57N3O6S2. The first-order valence-corrected chi connectivity index (χ1v) is 16.5. The van der Waals surface area contributed by atoms with Crippen molar-refractivity contribution in [1.82, 2.24) is 15.5 Å². The molecule has 1 rings (SSSR count). The van der Waals surface area contributed by atoms with Crippen LogP contribution in [0.5, 0.6) is 0 Å². The highest BCUT2D eigenvalue weighted by Crippen LogP contribution is 2.28. The quantitative estimate of drug-likeness (QED) is 0.212. The lowest BCUT2D eigenvalue weighted by Crippen LogP contribution is -2.47. The van der Waals surface area contributed by atoms with Crippen molar-refractivity contribution in [3.63, 3.8) is 0 Å². The van der Waals surface area contributed by atoms with Crippen LogP contribution in [0, 0.1) is 16.7 Å². The maximum Gasteiger partial charge on any atom is 0.244 e. The van der Waals surface area contributed by atoms with Crippen LogP contribution in [-0.4, -0.2) is 83.9 Å². The fourth-order valence-corrected chi connectivity index (χ4v) is 4.96. The smallest absolute Gasteiger partial charge is 0.244 e. The summed E-state index contributed by atoms with van der Waals surface area (Å²) >= 11 is 5.46. The normalized spacial score (nSPS) is 15.4. The second-order valence-corrected chi connectivity index (χ2v) is 13.6. The zero-order valence-electron chi connectivity index (χ0n) is 27.7. The SMILES string of the molecule is CC(=O)CC1CCSC1=O.CCC(C)(C)C(=O)CCN(C)C(=O)C(CCS)NC(C)=O.CCC(C)(C)C(=O)CCNC. The zero-order chi connectivity index (χ0) is 33.1. The van der Waals surface area contributed by atoms with Gasteiger partial charge in [0.25, 0.3) is 0 Å². The van der Waals surface area contributed by atoms with Gasteiger partial charge >= 0.3 is 0 Å². The number of carbonyl (C=O) groups is 6. The monoisotopic (exact) mass is 631 g/mol. The van der Waals surface area contributed by atoms with Gasteiger partial charge in [0.05, 0.1) is 0 Å². The Hall–Kier alpha value is -1.72. The van der Waals surface area contributed by atoms with Crippen LogP contribution < -0.4 is 10.6 Å². The molecule has 1 aliphatic rings. The summed E-state index contributed by atoms with van der Waals surface area (Å²) in [5.74, 6) is 1.64. The lowest BCUT2D eigenvalue weighted by atomic mass is 9.84. The van der Waals surface area contributed by atoms with E-state index in [0.717, 1.165) is 31.6 Å². The third-order valence-corrected chi connectivity index (χ3v) is 8.92. The molecule has 1 saturated heterocycles. The van der Waals surface area contributed by atoms with Gasteiger partial charge < -0.3 is 20.3 Å². The van der Waals surface area contributed by atoms with E-state index in [2.05, 4.69) is 30.2 Å². The summed E-state index contributed by atoms with van der Waals surface area (Å²) in [4.78, 5) is 69.9. The van der Waals surface area contributed by atoms with Gasteiger partial charge in [-0.1, -0.05) is 53.3 Å². The summed E-state index contributed by atoms with van der Waals surface area (Å²) in [6, 6.07) is -0.570. The van der Waals surface area contributed by atoms with E-state index in [9.17, 15) is 28.8 Å². The number of amides is 2. The van der Waals surface area contributed by atoms with Gasteiger partial charge in [-0.25, -0.2) is 0 Å². The zero-order valence-corrected chi connectivity index (χ0v) is 29.4. The summed E-state index contributed by atoms with van der Waals surface area (Å²) in [6.07, 6.45) is 4.50. The molecule has 11 heteroatoms. The number of carbonyl (C=O) groups excluding carboxylic acids is 6. The molecule has 9 nitrogen and oxygen atoms in total. The number of hydrogen-bond donors (Lipinski definition) is 3. The van der Waals surface area contributed by atoms with E-state index in [-0.39, 0.29) is 45.2 Å². The summed E-state index contributed by atoms with van der Waals surface area (Å²) in [5, 5.41) is 5.80. The van der Waals surface area contributed by atoms with E-state index in [1.807, 2.05) is 41.7 Å². The molecule has 2 amide bonds. The molecule has 1 heterocycles. The van der Waals surface area contributed by atoms with Gasteiger partial charge in [-0.2, -0.15) is 12.6 Å². The van der Waals surface area contributed by atoms with Gasteiger partial charge in [0.2, 0.25) is 11.8 Å². The van der Waals surface area contributed by atoms with Crippen molar-refractivity contribution in [2.24, 2.45) is 16.7 Å². The first kappa shape index (κ1) is 42.4. The van der Waals surface area contributed by atoms with E-state index >= 15 is 0 Å². The molecule has 0 aliphatic carbocycles. The van der Waals surface area contributed by atoms with Crippen LogP contribution in [0.4, 0.5) is 0 Å². The Kier molecular flexibility index (Phi) is 22.1. The van der Waals surface area contributed by atoms with Gasteiger partial charge in [0.15, 0.2) is 5.12 Å². The van der Waals surface area contributed by atoms with E-state index in [0.29, 0.717) is 43.8 Å². The predicted molar refractivity (Wildman–Crippen MR) is 176 cm³/mol. The lowest BCUT2D eigenvalue weighted by Gasteiger charge is -2.26. The molecule has 0 aromatic heterocycles. The maximum atomic E-state index is 12.3. The number of rotatable bonds is 16. The highest BCUT2D eigenvalue weighted by Gasteiger charge is 2.28. The van der Waals surface area contributed by atoms with Crippen LogP contribution in [-0.2, 0) is 28.8 Å². The number of nitrogens with one attached hydrogen (secondary N) is 2. The van der Waals surface area contributed by atoms with Crippen molar-refractivity contribution in [2.45, 2.75) is 106 Å². The summed E-state index contributed by atoms with van der Waals surface area (Å²) in [7, 11) is 3.52. The van der Waals surface area contributed by atoms with E-state index in [4.69, 9.17) is 0 Å². The number of thioether (sulfide) groups is 1. The Labute approximate surface area is 264 Å². The van der Waals surface area contributed by atoms with Crippen LogP contribution in [0.15, 0.2) is 0 Å². The summed E-state index contributed by atoms with van der Waals surface area (Å²) < 4.78 is 0. The van der Waals surface area contributed by atoms with E-state index in [1.54, 1.807) is 7.05 Å². The second-order valence-electron chi connectivity index (χ2n) is 12.0. The van der Waals surface area contributed by atoms with E-state index < -0.39 is 6.04 Å². The molecule has 2 N–H and O–H groups in total. The van der Waals surface area contributed by atoms with E-state index in [1.165, 1.54) is 30.5 Å². The Balaban J connectivity index is 0. The third kappa shape index (κ3) is 18.1. The van der Waals surface area contributed by atoms with Crippen LogP contribution in [0.2, 0.25) is 0 Å². The van der Waals surface area contributed by atoms with Crippen molar-refractivity contribution in [3.05, 3.63) is 0 Å². The minimum Gasteiger partial charge on any atom is -0.345 e. The van der Waals surface area contributed by atoms with Crippen molar-refractivity contribution < 1.29 is 28.8 Å². The molecule has 0 aromatic rings. The number of ketones is 3. The molecule has 2 atom stereocenters. The van der Waals surface area contributed by atoms with Gasteiger partial charge in [-0.3, -0.25) is 24.0 Å². The molecule has 0 spiro atoms. The number of likely N-dealkylation sites (N-methyl/N-ethyl adjacent to an activating group) is 1. The minimum atomic E-state index is -0.570. The molecule has 2 unspecified atom stereocenters. The fourth-order valence-electron chi connectivity index (χ4n) is 3.66. The van der Waals surface area contributed by atoms with Crippen LogP contribution >= 0.6 is 24.4 Å². The van der Waals surface area contributed by atoms with Crippen molar-refractivity contribution in [1.29, 1.82) is 0 Å². The fraction of sp³-hybridized carbons (Fsp3) is 0.806. The van der Waals surface area contributed by atoms with Crippen LogP contribution in [0.1, 0.15) is 100 Å². The third-order valence-electron chi connectivity index (χ3n) is 7.60. The van der Waals surface area contributed by atoms with Gasteiger partial charge in [0.1, 0.15) is 23.4 Å².